The number of nitrogens with one attached hydrogen (secondary N) is 2. The molecule has 0 saturated heterocycles. The number of hydrogen-bond acceptors (Lipinski definition) is 4. The molecule has 0 saturated carbocycles. The van der Waals surface area contributed by atoms with Crippen LogP contribution in [0.25, 0.3) is 0 Å². The van der Waals surface area contributed by atoms with Crippen molar-refractivity contribution in [2.45, 2.75) is 18.9 Å². The smallest absolute Gasteiger partial charge is 0.259 e. The second kappa shape index (κ2) is 5.22. The van der Waals surface area contributed by atoms with Crippen molar-refractivity contribution in [2.24, 2.45) is 0 Å². The first-order valence-electron chi connectivity index (χ1n) is 5.45. The van der Waals surface area contributed by atoms with Gasteiger partial charge in [0.05, 0.1) is 5.56 Å². The highest BCUT2D eigenvalue weighted by molar-refractivity contribution is 7.98. The van der Waals surface area contributed by atoms with Gasteiger partial charge in [-0.1, -0.05) is 0 Å². The van der Waals surface area contributed by atoms with Crippen LogP contribution in [0.5, 0.6) is 0 Å². The maximum Gasteiger partial charge on any atom is 0.259 e. The van der Waals surface area contributed by atoms with Gasteiger partial charge in [-0.05, 0) is 32.2 Å². The van der Waals surface area contributed by atoms with Crippen LogP contribution < -0.4 is 5.32 Å². The lowest BCUT2D eigenvalue weighted by atomic mass is 10.2. The lowest BCUT2D eigenvalue weighted by Crippen LogP contribution is -2.14. The number of carbonyl (C=O) groups excluding carboxylic acids is 1. The second-order valence-electron chi connectivity index (χ2n) is 3.84. The highest BCUT2D eigenvalue weighted by Gasteiger charge is 2.14. The summed E-state index contributed by atoms with van der Waals surface area (Å²) in [5, 5.41) is 10.4. The van der Waals surface area contributed by atoms with E-state index in [1.165, 1.54) is 11.8 Å². The number of aromatic nitrogens is 3. The molecule has 5 nitrogen and oxygen atoms in total. The van der Waals surface area contributed by atoms with Gasteiger partial charge in [0.15, 0.2) is 5.82 Å². The van der Waals surface area contributed by atoms with Crippen LogP contribution in [-0.2, 0) is 0 Å². The molecule has 0 radical (unpaired) electrons. The summed E-state index contributed by atoms with van der Waals surface area (Å²) in [4.78, 5) is 16.3. The molecule has 2 aromatic rings. The van der Waals surface area contributed by atoms with Crippen LogP contribution in [0.15, 0.2) is 23.4 Å². The van der Waals surface area contributed by atoms with Crippen molar-refractivity contribution in [1.82, 2.24) is 15.2 Å². The fourth-order valence-electron chi connectivity index (χ4n) is 1.51. The van der Waals surface area contributed by atoms with E-state index in [1.54, 1.807) is 18.3 Å². The van der Waals surface area contributed by atoms with Crippen molar-refractivity contribution in [3.63, 3.8) is 0 Å². The quantitative estimate of drug-likeness (QED) is 0.833. The van der Waals surface area contributed by atoms with Crippen LogP contribution in [0.1, 0.15) is 21.6 Å². The van der Waals surface area contributed by atoms with Crippen molar-refractivity contribution >= 4 is 23.5 Å². The van der Waals surface area contributed by atoms with Gasteiger partial charge in [-0.25, -0.2) is 4.98 Å². The standard InChI is InChI=1S/C12H14N4OS/c1-7-8(2)15-16-10(7)14-11(17)9-5-4-6-13-12(9)18-3/h4-6H,1-3H3,(H2,14,15,16,17). The number of aromatic amines is 1. The van der Waals surface area contributed by atoms with Crippen LogP contribution in [0.3, 0.4) is 0 Å². The summed E-state index contributed by atoms with van der Waals surface area (Å²) in [5.74, 6) is 0.371. The van der Waals surface area contributed by atoms with E-state index in [9.17, 15) is 4.79 Å². The Hall–Kier alpha value is -1.82. The highest BCUT2D eigenvalue weighted by atomic mass is 32.2. The molecule has 2 heterocycles. The first-order chi connectivity index (χ1) is 8.63. The minimum absolute atomic E-state index is 0.193. The van der Waals surface area contributed by atoms with E-state index in [0.29, 0.717) is 16.4 Å². The Labute approximate surface area is 109 Å². The van der Waals surface area contributed by atoms with Gasteiger partial charge in [0.1, 0.15) is 5.03 Å². The molecule has 0 atom stereocenters. The van der Waals surface area contributed by atoms with Crippen LogP contribution in [-0.4, -0.2) is 27.3 Å². The predicted octanol–water partition coefficient (Wildman–Crippen LogP) is 2.40. The number of H-pyrrole nitrogens is 1. The number of amides is 1. The molecule has 0 aliphatic rings. The number of pyridine rings is 1. The van der Waals surface area contributed by atoms with Crippen molar-refractivity contribution in [3.8, 4) is 0 Å². The van der Waals surface area contributed by atoms with Crippen LogP contribution >= 0.6 is 11.8 Å². The zero-order valence-corrected chi connectivity index (χ0v) is 11.3. The zero-order chi connectivity index (χ0) is 13.1. The fraction of sp³-hybridized carbons (Fsp3) is 0.250. The number of hydrogen-bond donors (Lipinski definition) is 2. The van der Waals surface area contributed by atoms with Gasteiger partial charge < -0.3 is 5.32 Å². The zero-order valence-electron chi connectivity index (χ0n) is 10.4. The molecule has 2 rings (SSSR count). The topological polar surface area (TPSA) is 70.7 Å². The molecule has 94 valence electrons. The molecule has 18 heavy (non-hydrogen) atoms. The van der Waals surface area contributed by atoms with Gasteiger partial charge in [0.2, 0.25) is 0 Å². The molecule has 6 heteroatoms. The average molecular weight is 262 g/mol. The Morgan fingerprint density at radius 3 is 2.83 bits per heavy atom. The minimum atomic E-state index is -0.193. The average Bonchev–Trinajstić information content (AvgIpc) is 2.70. The van der Waals surface area contributed by atoms with Gasteiger partial charge in [0, 0.05) is 17.5 Å². The molecule has 0 unspecified atom stereocenters. The van der Waals surface area contributed by atoms with E-state index >= 15 is 0 Å². The molecule has 0 aliphatic carbocycles. The second-order valence-corrected chi connectivity index (χ2v) is 4.63. The number of rotatable bonds is 3. The van der Waals surface area contributed by atoms with Crippen molar-refractivity contribution in [1.29, 1.82) is 0 Å². The van der Waals surface area contributed by atoms with E-state index in [0.717, 1.165) is 11.3 Å². The number of anilines is 1. The van der Waals surface area contributed by atoms with Crippen molar-refractivity contribution < 1.29 is 4.79 Å². The minimum Gasteiger partial charge on any atom is -0.305 e. The fourth-order valence-corrected chi connectivity index (χ4v) is 2.05. The normalized spacial score (nSPS) is 10.4. The van der Waals surface area contributed by atoms with Crippen LogP contribution in [0, 0.1) is 13.8 Å². The number of aryl methyl sites for hydroxylation is 1. The monoisotopic (exact) mass is 262 g/mol. The first-order valence-corrected chi connectivity index (χ1v) is 6.68. The maximum absolute atomic E-state index is 12.1. The first kappa shape index (κ1) is 12.6. The Kier molecular flexibility index (Phi) is 3.66. The molecule has 0 aliphatic heterocycles. The highest BCUT2D eigenvalue weighted by Crippen LogP contribution is 2.19. The Morgan fingerprint density at radius 2 is 2.22 bits per heavy atom. The van der Waals surface area contributed by atoms with E-state index in [1.807, 2.05) is 20.1 Å². The lowest BCUT2D eigenvalue weighted by Gasteiger charge is -2.06. The van der Waals surface area contributed by atoms with Gasteiger partial charge in [0.25, 0.3) is 5.91 Å². The Bertz CT molecular complexity index is 579. The SMILES string of the molecule is CSc1ncccc1C(=O)Nc1n[nH]c(C)c1C. The van der Waals surface area contributed by atoms with E-state index in [-0.39, 0.29) is 5.91 Å². The molecule has 0 aromatic carbocycles. The molecule has 2 N–H and O–H groups in total. The van der Waals surface area contributed by atoms with E-state index in [2.05, 4.69) is 20.5 Å². The molecule has 0 spiro atoms. The molecular weight excluding hydrogens is 248 g/mol. The van der Waals surface area contributed by atoms with Gasteiger partial charge in [-0.3, -0.25) is 9.89 Å². The van der Waals surface area contributed by atoms with Gasteiger partial charge in [-0.2, -0.15) is 5.10 Å². The van der Waals surface area contributed by atoms with E-state index in [4.69, 9.17) is 0 Å². The van der Waals surface area contributed by atoms with Crippen molar-refractivity contribution in [2.75, 3.05) is 11.6 Å². The summed E-state index contributed by atoms with van der Waals surface area (Å²) in [7, 11) is 0. The third kappa shape index (κ3) is 2.38. The summed E-state index contributed by atoms with van der Waals surface area (Å²) >= 11 is 1.44. The maximum atomic E-state index is 12.1. The number of thioether (sulfide) groups is 1. The molecule has 0 fully saturated rings. The Balaban J connectivity index is 2.25. The largest absolute Gasteiger partial charge is 0.305 e. The summed E-state index contributed by atoms with van der Waals surface area (Å²) < 4.78 is 0. The molecular formula is C12H14N4OS. The van der Waals surface area contributed by atoms with E-state index < -0.39 is 0 Å². The Morgan fingerprint density at radius 1 is 1.44 bits per heavy atom. The van der Waals surface area contributed by atoms with Crippen LogP contribution in [0.2, 0.25) is 0 Å². The van der Waals surface area contributed by atoms with Crippen molar-refractivity contribution in [3.05, 3.63) is 35.2 Å². The summed E-state index contributed by atoms with van der Waals surface area (Å²) in [5.41, 5.74) is 2.45. The molecule has 0 bridgehead atoms. The number of carbonyl (C=O) groups is 1. The summed E-state index contributed by atoms with van der Waals surface area (Å²) in [6, 6.07) is 3.50. The summed E-state index contributed by atoms with van der Waals surface area (Å²) in [6.45, 7) is 3.82. The summed E-state index contributed by atoms with van der Waals surface area (Å²) in [6.07, 6.45) is 3.57. The molecule has 1 amide bonds. The van der Waals surface area contributed by atoms with Crippen LogP contribution in [0.4, 0.5) is 5.82 Å². The number of nitrogens with zero attached hydrogens (tertiary/aromatic N) is 2. The predicted molar refractivity (Wildman–Crippen MR) is 72.0 cm³/mol. The third-order valence-corrected chi connectivity index (χ3v) is 3.41. The third-order valence-electron chi connectivity index (χ3n) is 2.69. The van der Waals surface area contributed by atoms with Gasteiger partial charge >= 0.3 is 0 Å². The lowest BCUT2D eigenvalue weighted by molar-refractivity contribution is 0.102. The molecule has 2 aromatic heterocycles. The van der Waals surface area contributed by atoms with Gasteiger partial charge in [-0.15, -0.1) is 11.8 Å².